The summed E-state index contributed by atoms with van der Waals surface area (Å²) in [5.41, 5.74) is 1.49. The quantitative estimate of drug-likeness (QED) is 0.250. The van der Waals surface area contributed by atoms with Gasteiger partial charge in [-0.3, -0.25) is 4.79 Å². The van der Waals surface area contributed by atoms with Crippen LogP contribution in [0, 0.1) is 0 Å². The Morgan fingerprint density at radius 1 is 1.17 bits per heavy atom. The number of thioether (sulfide) groups is 1. The Morgan fingerprint density at radius 3 is 2.55 bits per heavy atom. The van der Waals surface area contributed by atoms with Crippen molar-refractivity contribution in [1.82, 2.24) is 14.8 Å². The second-order valence-corrected chi connectivity index (χ2v) is 7.84. The first-order chi connectivity index (χ1) is 14.0. The van der Waals surface area contributed by atoms with Crippen LogP contribution >= 0.6 is 27.7 Å². The number of hydrogen-bond donors (Lipinski definition) is 0. The fourth-order valence-electron chi connectivity index (χ4n) is 2.67. The second kappa shape index (κ2) is 9.76. The number of benzene rings is 2. The number of methoxy groups -OCH3 is 2. The van der Waals surface area contributed by atoms with E-state index in [-0.39, 0.29) is 11.5 Å². The fraction of sp³-hybridized carbons (Fsp3) is 0.190. The number of ketones is 1. The van der Waals surface area contributed by atoms with E-state index >= 15 is 0 Å². The van der Waals surface area contributed by atoms with Crippen LogP contribution in [0.25, 0.3) is 11.4 Å². The number of carbonyl (C=O) groups is 1. The summed E-state index contributed by atoms with van der Waals surface area (Å²) in [6.45, 7) is 4.31. The molecule has 0 saturated carbocycles. The standard InChI is InChI=1S/C21H20BrN3O3S/c1-4-11-25-20(14-5-8-16(22)9-6-14)23-21(24-25)29-13-17(26)15-7-10-18(27-2)19(12-15)28-3/h4-10,12H,1,11,13H2,2-3H3. The zero-order valence-corrected chi connectivity index (χ0v) is 18.5. The number of allylic oxidation sites excluding steroid dienone is 1. The van der Waals surface area contributed by atoms with Gasteiger partial charge in [0, 0.05) is 15.6 Å². The van der Waals surface area contributed by atoms with Crippen LogP contribution in [0.1, 0.15) is 10.4 Å². The van der Waals surface area contributed by atoms with Gasteiger partial charge in [-0.1, -0.05) is 45.9 Å². The van der Waals surface area contributed by atoms with Crippen molar-refractivity contribution in [3.8, 4) is 22.9 Å². The maximum atomic E-state index is 12.6. The number of ether oxygens (including phenoxy) is 2. The Hall–Kier alpha value is -2.58. The third kappa shape index (κ3) is 5.07. The molecular formula is C21H20BrN3O3S. The Kier molecular flexibility index (Phi) is 7.11. The molecule has 0 aliphatic heterocycles. The molecule has 29 heavy (non-hydrogen) atoms. The molecule has 0 radical (unpaired) electrons. The van der Waals surface area contributed by atoms with E-state index in [0.29, 0.717) is 28.8 Å². The summed E-state index contributed by atoms with van der Waals surface area (Å²) in [7, 11) is 3.10. The van der Waals surface area contributed by atoms with Crippen molar-refractivity contribution in [1.29, 1.82) is 0 Å². The van der Waals surface area contributed by atoms with E-state index in [2.05, 4.69) is 32.6 Å². The Labute approximate surface area is 182 Å². The molecule has 0 aliphatic rings. The summed E-state index contributed by atoms with van der Waals surface area (Å²) in [5.74, 6) is 2.02. The molecule has 0 unspecified atom stereocenters. The molecule has 3 aromatic rings. The van der Waals surface area contributed by atoms with Crippen LogP contribution in [-0.4, -0.2) is 40.5 Å². The third-order valence-corrected chi connectivity index (χ3v) is 5.46. The van der Waals surface area contributed by atoms with Gasteiger partial charge in [0.15, 0.2) is 23.1 Å². The highest BCUT2D eigenvalue weighted by Crippen LogP contribution is 2.29. The number of Topliss-reactive ketones (excluding diaryl/α,β-unsaturated/α-hetero) is 1. The first kappa shape index (κ1) is 21.1. The summed E-state index contributed by atoms with van der Waals surface area (Å²) in [4.78, 5) is 17.2. The maximum Gasteiger partial charge on any atom is 0.209 e. The predicted molar refractivity (Wildman–Crippen MR) is 118 cm³/mol. The van der Waals surface area contributed by atoms with Gasteiger partial charge in [0.25, 0.3) is 0 Å². The molecule has 1 heterocycles. The lowest BCUT2D eigenvalue weighted by Crippen LogP contribution is -2.04. The molecule has 0 fully saturated rings. The zero-order chi connectivity index (χ0) is 20.8. The molecule has 0 amide bonds. The number of rotatable bonds is 9. The second-order valence-electron chi connectivity index (χ2n) is 5.98. The zero-order valence-electron chi connectivity index (χ0n) is 16.1. The lowest BCUT2D eigenvalue weighted by atomic mass is 10.1. The van der Waals surface area contributed by atoms with Gasteiger partial charge in [0.1, 0.15) is 0 Å². The van der Waals surface area contributed by atoms with E-state index in [1.807, 2.05) is 24.3 Å². The summed E-state index contributed by atoms with van der Waals surface area (Å²) < 4.78 is 13.3. The average molecular weight is 474 g/mol. The minimum atomic E-state index is -0.0405. The average Bonchev–Trinajstić information content (AvgIpc) is 3.15. The van der Waals surface area contributed by atoms with E-state index in [4.69, 9.17) is 9.47 Å². The number of halogens is 1. The predicted octanol–water partition coefficient (Wildman–Crippen LogP) is 4.89. The third-order valence-electron chi connectivity index (χ3n) is 4.09. The lowest BCUT2D eigenvalue weighted by molar-refractivity contribution is 0.102. The molecule has 1 aromatic heterocycles. The van der Waals surface area contributed by atoms with E-state index in [0.717, 1.165) is 15.9 Å². The van der Waals surface area contributed by atoms with Gasteiger partial charge in [-0.15, -0.1) is 11.7 Å². The summed E-state index contributed by atoms with van der Waals surface area (Å²) in [6, 6.07) is 13.0. The van der Waals surface area contributed by atoms with Crippen molar-refractivity contribution in [3.63, 3.8) is 0 Å². The van der Waals surface area contributed by atoms with Crippen molar-refractivity contribution in [2.24, 2.45) is 0 Å². The van der Waals surface area contributed by atoms with Gasteiger partial charge in [0.05, 0.1) is 26.5 Å². The maximum absolute atomic E-state index is 12.6. The molecule has 0 atom stereocenters. The number of hydrogen-bond acceptors (Lipinski definition) is 6. The van der Waals surface area contributed by atoms with Gasteiger partial charge in [-0.2, -0.15) is 0 Å². The van der Waals surface area contributed by atoms with Crippen LogP contribution in [0.4, 0.5) is 0 Å². The molecule has 0 saturated heterocycles. The number of aromatic nitrogens is 3. The minimum Gasteiger partial charge on any atom is -0.493 e. The molecule has 2 aromatic carbocycles. The van der Waals surface area contributed by atoms with Crippen molar-refractivity contribution >= 4 is 33.5 Å². The Bertz CT molecular complexity index is 1020. The van der Waals surface area contributed by atoms with Crippen molar-refractivity contribution in [2.75, 3.05) is 20.0 Å². The van der Waals surface area contributed by atoms with Crippen LogP contribution in [0.3, 0.4) is 0 Å². The van der Waals surface area contributed by atoms with Crippen LogP contribution in [0.15, 0.2) is 64.7 Å². The normalized spacial score (nSPS) is 10.6. The number of carbonyl (C=O) groups excluding carboxylic acids is 1. The Balaban J connectivity index is 1.76. The first-order valence-electron chi connectivity index (χ1n) is 8.75. The molecule has 8 heteroatoms. The molecule has 150 valence electrons. The largest absolute Gasteiger partial charge is 0.493 e. The van der Waals surface area contributed by atoms with Crippen LogP contribution in [0.2, 0.25) is 0 Å². The highest BCUT2D eigenvalue weighted by atomic mass is 79.9. The molecule has 0 N–H and O–H groups in total. The van der Waals surface area contributed by atoms with Gasteiger partial charge in [-0.25, -0.2) is 9.67 Å². The molecule has 0 spiro atoms. The molecule has 6 nitrogen and oxygen atoms in total. The summed E-state index contributed by atoms with van der Waals surface area (Å²) in [5, 5.41) is 5.05. The molecule has 0 aliphatic carbocycles. The van der Waals surface area contributed by atoms with Crippen molar-refractivity contribution in [3.05, 3.63) is 65.2 Å². The van der Waals surface area contributed by atoms with Crippen LogP contribution < -0.4 is 9.47 Å². The van der Waals surface area contributed by atoms with Gasteiger partial charge < -0.3 is 9.47 Å². The minimum absolute atomic E-state index is 0.0405. The summed E-state index contributed by atoms with van der Waals surface area (Å²) >= 11 is 4.73. The highest BCUT2D eigenvalue weighted by molar-refractivity contribution is 9.10. The van der Waals surface area contributed by atoms with Gasteiger partial charge >= 0.3 is 0 Å². The molecule has 0 bridgehead atoms. The fourth-order valence-corrected chi connectivity index (χ4v) is 3.67. The summed E-state index contributed by atoms with van der Waals surface area (Å²) in [6.07, 6.45) is 1.76. The molecule has 3 rings (SSSR count). The van der Waals surface area contributed by atoms with Crippen LogP contribution in [-0.2, 0) is 6.54 Å². The first-order valence-corrected chi connectivity index (χ1v) is 10.5. The van der Waals surface area contributed by atoms with E-state index in [9.17, 15) is 4.79 Å². The number of nitrogens with zero attached hydrogens (tertiary/aromatic N) is 3. The van der Waals surface area contributed by atoms with Crippen LogP contribution in [0.5, 0.6) is 11.5 Å². The lowest BCUT2D eigenvalue weighted by Gasteiger charge is -2.08. The SMILES string of the molecule is C=CCn1nc(SCC(=O)c2ccc(OC)c(OC)c2)nc1-c1ccc(Br)cc1. The highest BCUT2D eigenvalue weighted by Gasteiger charge is 2.15. The van der Waals surface area contributed by atoms with E-state index in [1.54, 1.807) is 43.2 Å². The van der Waals surface area contributed by atoms with E-state index < -0.39 is 0 Å². The van der Waals surface area contributed by atoms with Crippen molar-refractivity contribution in [2.45, 2.75) is 11.7 Å². The van der Waals surface area contributed by atoms with Crippen molar-refractivity contribution < 1.29 is 14.3 Å². The van der Waals surface area contributed by atoms with Gasteiger partial charge in [0.2, 0.25) is 5.16 Å². The Morgan fingerprint density at radius 2 is 1.90 bits per heavy atom. The topological polar surface area (TPSA) is 66.2 Å². The van der Waals surface area contributed by atoms with E-state index in [1.165, 1.54) is 11.8 Å². The van der Waals surface area contributed by atoms with Gasteiger partial charge in [-0.05, 0) is 30.3 Å². The smallest absolute Gasteiger partial charge is 0.209 e. The molecular weight excluding hydrogens is 454 g/mol. The monoisotopic (exact) mass is 473 g/mol.